The Hall–Kier alpha value is -2.36. The summed E-state index contributed by atoms with van der Waals surface area (Å²) < 4.78 is 5.73. The average molecular weight is 390 g/mol. The van der Waals surface area contributed by atoms with Crippen molar-refractivity contribution in [3.63, 3.8) is 0 Å². The van der Waals surface area contributed by atoms with Crippen molar-refractivity contribution in [2.45, 2.75) is 39.5 Å². The zero-order valence-electron chi connectivity index (χ0n) is 15.5. The number of hydrogen-bond donors (Lipinski definition) is 1. The summed E-state index contributed by atoms with van der Waals surface area (Å²) >= 11 is 1.31. The maximum Gasteiger partial charge on any atom is 0.285 e. The molecule has 2 heterocycles. The first-order valence-corrected chi connectivity index (χ1v) is 9.59. The number of nitro groups is 1. The molecule has 1 aliphatic rings. The largest absolute Gasteiger partial charge is 0.373 e. The molecule has 1 amide bonds. The van der Waals surface area contributed by atoms with E-state index in [4.69, 9.17) is 4.74 Å². The number of amides is 1. The lowest BCUT2D eigenvalue weighted by Crippen LogP contribution is -2.44. The summed E-state index contributed by atoms with van der Waals surface area (Å²) in [6.07, 6.45) is 0.349. The Bertz CT molecular complexity index is 844. The number of morpholine rings is 1. The fourth-order valence-electron chi connectivity index (χ4n) is 3.33. The fraction of sp³-hybridized carbons (Fsp3) is 0.444. The third kappa shape index (κ3) is 4.68. The number of rotatable bonds is 5. The van der Waals surface area contributed by atoms with Crippen LogP contribution in [0.5, 0.6) is 0 Å². The smallest absolute Gasteiger partial charge is 0.285 e. The first kappa shape index (κ1) is 19.4. The highest BCUT2D eigenvalue weighted by atomic mass is 32.1. The van der Waals surface area contributed by atoms with Crippen LogP contribution in [0.15, 0.2) is 23.6 Å². The van der Waals surface area contributed by atoms with Gasteiger partial charge in [-0.05, 0) is 26.8 Å². The van der Waals surface area contributed by atoms with E-state index in [1.54, 1.807) is 19.1 Å². The van der Waals surface area contributed by atoms with Crippen molar-refractivity contribution in [2.75, 3.05) is 18.4 Å². The number of nitrogens with one attached hydrogen (secondary N) is 1. The highest BCUT2D eigenvalue weighted by Gasteiger charge is 2.24. The minimum atomic E-state index is -0.529. The minimum Gasteiger partial charge on any atom is -0.373 e. The van der Waals surface area contributed by atoms with Crippen LogP contribution in [-0.4, -0.2) is 46.0 Å². The topological polar surface area (TPSA) is 97.6 Å². The number of carbonyl (C=O) groups excluding carboxylic acids is 1. The van der Waals surface area contributed by atoms with E-state index in [1.165, 1.54) is 17.4 Å². The number of aryl methyl sites for hydroxylation is 1. The number of ether oxygens (including phenoxy) is 1. The van der Waals surface area contributed by atoms with Crippen LogP contribution in [0, 0.1) is 17.0 Å². The van der Waals surface area contributed by atoms with Crippen LogP contribution in [0.3, 0.4) is 0 Å². The second-order valence-electron chi connectivity index (χ2n) is 6.78. The molecule has 2 aromatic rings. The molecule has 0 bridgehead atoms. The molecular weight excluding hydrogens is 368 g/mol. The summed E-state index contributed by atoms with van der Waals surface area (Å²) in [5, 5.41) is 16.3. The lowest BCUT2D eigenvalue weighted by Gasteiger charge is -2.34. The Labute approximate surface area is 161 Å². The van der Waals surface area contributed by atoms with Crippen molar-refractivity contribution in [3.8, 4) is 0 Å². The van der Waals surface area contributed by atoms with Crippen LogP contribution in [0.2, 0.25) is 0 Å². The van der Waals surface area contributed by atoms with Crippen molar-refractivity contribution < 1.29 is 14.5 Å². The first-order valence-electron chi connectivity index (χ1n) is 8.71. The SMILES string of the molecule is Cc1cccc(C(=O)Nc2nc(CN3C[C@@H](C)O[C@H](C)C3)cs2)c1[N+](=O)[O-]. The van der Waals surface area contributed by atoms with Crippen molar-refractivity contribution in [2.24, 2.45) is 0 Å². The Morgan fingerprint density at radius 1 is 1.41 bits per heavy atom. The third-order valence-electron chi connectivity index (χ3n) is 4.32. The average Bonchev–Trinajstić information content (AvgIpc) is 3.00. The molecule has 144 valence electrons. The van der Waals surface area contributed by atoms with Crippen LogP contribution in [0.1, 0.15) is 35.5 Å². The molecule has 3 rings (SSSR count). The molecule has 0 unspecified atom stereocenters. The van der Waals surface area contributed by atoms with Gasteiger partial charge in [0.2, 0.25) is 0 Å². The van der Waals surface area contributed by atoms with Crippen LogP contribution in [-0.2, 0) is 11.3 Å². The Kier molecular flexibility index (Phi) is 5.83. The number of carbonyl (C=O) groups is 1. The summed E-state index contributed by atoms with van der Waals surface area (Å²) in [4.78, 5) is 30.0. The van der Waals surface area contributed by atoms with Crippen LogP contribution < -0.4 is 5.32 Å². The molecule has 1 N–H and O–H groups in total. The van der Waals surface area contributed by atoms with Crippen molar-refractivity contribution in [1.29, 1.82) is 0 Å². The number of para-hydroxylation sites is 1. The van der Waals surface area contributed by atoms with Gasteiger partial charge in [-0.2, -0.15) is 0 Å². The molecule has 0 saturated carbocycles. The zero-order valence-corrected chi connectivity index (χ0v) is 16.3. The number of nitrogens with zero attached hydrogens (tertiary/aromatic N) is 3. The molecule has 9 heteroatoms. The van der Waals surface area contributed by atoms with E-state index in [0.717, 1.165) is 18.8 Å². The quantitative estimate of drug-likeness (QED) is 0.622. The Balaban J connectivity index is 1.68. The molecule has 1 aromatic carbocycles. The summed E-state index contributed by atoms with van der Waals surface area (Å²) in [6, 6.07) is 4.69. The molecule has 27 heavy (non-hydrogen) atoms. The van der Waals surface area contributed by atoms with Crippen LogP contribution in [0.4, 0.5) is 10.8 Å². The van der Waals surface area contributed by atoms with Gasteiger partial charge in [0, 0.05) is 30.6 Å². The van der Waals surface area contributed by atoms with E-state index in [1.807, 2.05) is 19.2 Å². The summed E-state index contributed by atoms with van der Waals surface area (Å²) in [6.45, 7) is 8.04. The number of aromatic nitrogens is 1. The predicted molar refractivity (Wildman–Crippen MR) is 103 cm³/mol. The lowest BCUT2D eigenvalue weighted by molar-refractivity contribution is -0.385. The van der Waals surface area contributed by atoms with Gasteiger partial charge in [0.25, 0.3) is 11.6 Å². The molecular formula is C18H22N4O4S. The van der Waals surface area contributed by atoms with Gasteiger partial charge < -0.3 is 4.74 Å². The highest BCUT2D eigenvalue weighted by Crippen LogP contribution is 2.25. The number of benzene rings is 1. The van der Waals surface area contributed by atoms with Gasteiger partial charge in [0.1, 0.15) is 5.56 Å². The lowest BCUT2D eigenvalue weighted by atomic mass is 10.1. The minimum absolute atomic E-state index is 0.0348. The van der Waals surface area contributed by atoms with Crippen molar-refractivity contribution >= 4 is 28.1 Å². The van der Waals surface area contributed by atoms with Gasteiger partial charge >= 0.3 is 0 Å². The van der Waals surface area contributed by atoms with Gasteiger partial charge in [-0.25, -0.2) is 4.98 Å². The third-order valence-corrected chi connectivity index (χ3v) is 5.12. The Morgan fingerprint density at radius 3 is 2.78 bits per heavy atom. The fourth-order valence-corrected chi connectivity index (χ4v) is 4.03. The van der Waals surface area contributed by atoms with Gasteiger partial charge in [0.05, 0.1) is 22.8 Å². The van der Waals surface area contributed by atoms with E-state index in [-0.39, 0.29) is 23.5 Å². The highest BCUT2D eigenvalue weighted by molar-refractivity contribution is 7.14. The molecule has 1 aliphatic heterocycles. The Morgan fingerprint density at radius 2 is 2.11 bits per heavy atom. The summed E-state index contributed by atoms with van der Waals surface area (Å²) in [7, 11) is 0. The zero-order chi connectivity index (χ0) is 19.6. The van der Waals surface area contributed by atoms with Crippen LogP contribution in [0.25, 0.3) is 0 Å². The molecule has 0 spiro atoms. The number of thiazole rings is 1. The number of anilines is 1. The molecule has 1 fully saturated rings. The van der Waals surface area contributed by atoms with E-state index < -0.39 is 10.8 Å². The van der Waals surface area contributed by atoms with E-state index in [0.29, 0.717) is 17.2 Å². The second-order valence-corrected chi connectivity index (χ2v) is 7.64. The molecule has 1 saturated heterocycles. The van der Waals surface area contributed by atoms with Gasteiger partial charge in [-0.3, -0.25) is 25.1 Å². The molecule has 8 nitrogen and oxygen atoms in total. The maximum absolute atomic E-state index is 12.5. The van der Waals surface area contributed by atoms with Crippen molar-refractivity contribution in [3.05, 3.63) is 50.5 Å². The molecule has 0 radical (unpaired) electrons. The first-order chi connectivity index (χ1) is 12.8. The van der Waals surface area contributed by atoms with Gasteiger partial charge in [-0.1, -0.05) is 12.1 Å². The molecule has 0 aliphatic carbocycles. The molecule has 2 atom stereocenters. The van der Waals surface area contributed by atoms with Crippen LogP contribution >= 0.6 is 11.3 Å². The maximum atomic E-state index is 12.5. The number of hydrogen-bond acceptors (Lipinski definition) is 7. The summed E-state index contributed by atoms with van der Waals surface area (Å²) in [5.74, 6) is -0.528. The second kappa shape index (κ2) is 8.12. The van der Waals surface area contributed by atoms with Gasteiger partial charge in [0.15, 0.2) is 5.13 Å². The number of nitro benzene ring substituents is 1. The predicted octanol–water partition coefficient (Wildman–Crippen LogP) is 3.22. The standard InChI is InChI=1S/C18H22N4O4S/c1-11-5-4-6-15(16(11)22(24)25)17(23)20-18-19-14(10-27-18)9-21-7-12(2)26-13(3)8-21/h4-6,10,12-13H,7-9H2,1-3H3,(H,19,20,23)/t12-,13-/m1/s1. The van der Waals surface area contributed by atoms with E-state index in [9.17, 15) is 14.9 Å². The normalized spacial score (nSPS) is 20.4. The van der Waals surface area contributed by atoms with Crippen molar-refractivity contribution in [1.82, 2.24) is 9.88 Å². The molecule has 1 aromatic heterocycles. The van der Waals surface area contributed by atoms with E-state index in [2.05, 4.69) is 15.2 Å². The monoisotopic (exact) mass is 390 g/mol. The van der Waals surface area contributed by atoms with E-state index >= 15 is 0 Å². The van der Waals surface area contributed by atoms with Gasteiger partial charge in [-0.15, -0.1) is 11.3 Å². The summed E-state index contributed by atoms with van der Waals surface area (Å²) in [5.41, 5.74) is 1.16.